The standard InChI is InChI=1S/C14H22ClN3O/c1-16-18-11-3-10-17-14(19)5-2-4-12-6-8-13(15)9-7-12/h6-9,16,18H,2-5,10-11H2,1H3,(H,17,19). The molecule has 0 aromatic heterocycles. The summed E-state index contributed by atoms with van der Waals surface area (Å²) in [4.78, 5) is 11.6. The summed E-state index contributed by atoms with van der Waals surface area (Å²) in [5.41, 5.74) is 7.04. The Bertz CT molecular complexity index is 367. The zero-order valence-electron chi connectivity index (χ0n) is 11.3. The van der Waals surface area contributed by atoms with Gasteiger partial charge in [-0.15, -0.1) is 0 Å². The molecule has 3 N–H and O–H groups in total. The number of rotatable bonds is 9. The largest absolute Gasteiger partial charge is 0.356 e. The Labute approximate surface area is 119 Å². The first-order chi connectivity index (χ1) is 9.22. The number of amides is 1. The van der Waals surface area contributed by atoms with E-state index in [2.05, 4.69) is 16.2 Å². The van der Waals surface area contributed by atoms with Crippen LogP contribution < -0.4 is 16.2 Å². The van der Waals surface area contributed by atoms with Crippen LogP contribution in [0.1, 0.15) is 24.8 Å². The van der Waals surface area contributed by atoms with Crippen LogP contribution in [-0.4, -0.2) is 26.0 Å². The summed E-state index contributed by atoms with van der Waals surface area (Å²) >= 11 is 5.82. The lowest BCUT2D eigenvalue weighted by molar-refractivity contribution is -0.121. The topological polar surface area (TPSA) is 53.2 Å². The summed E-state index contributed by atoms with van der Waals surface area (Å²) in [6.45, 7) is 1.57. The van der Waals surface area contributed by atoms with Gasteiger partial charge in [-0.3, -0.25) is 15.6 Å². The summed E-state index contributed by atoms with van der Waals surface area (Å²) in [6, 6.07) is 7.77. The van der Waals surface area contributed by atoms with Gasteiger partial charge in [0.1, 0.15) is 0 Å². The maximum absolute atomic E-state index is 11.6. The van der Waals surface area contributed by atoms with Gasteiger partial charge in [-0.05, 0) is 44.0 Å². The summed E-state index contributed by atoms with van der Waals surface area (Å²) in [7, 11) is 1.83. The molecule has 0 saturated heterocycles. The Kier molecular flexibility index (Phi) is 8.21. The van der Waals surface area contributed by atoms with Gasteiger partial charge in [0.25, 0.3) is 0 Å². The minimum Gasteiger partial charge on any atom is -0.356 e. The van der Waals surface area contributed by atoms with E-state index in [0.717, 1.165) is 30.8 Å². The number of hydrogen-bond donors (Lipinski definition) is 3. The second-order valence-corrected chi connectivity index (χ2v) is 4.80. The molecule has 0 aliphatic carbocycles. The van der Waals surface area contributed by atoms with Gasteiger partial charge in [0.05, 0.1) is 0 Å². The molecule has 0 aliphatic heterocycles. The van der Waals surface area contributed by atoms with Gasteiger partial charge in [-0.25, -0.2) is 0 Å². The molecule has 0 heterocycles. The Balaban J connectivity index is 2.05. The van der Waals surface area contributed by atoms with Crippen molar-refractivity contribution in [3.05, 3.63) is 34.9 Å². The average molecular weight is 284 g/mol. The van der Waals surface area contributed by atoms with Crippen LogP contribution in [0.2, 0.25) is 5.02 Å². The molecular weight excluding hydrogens is 262 g/mol. The molecule has 0 fully saturated rings. The number of hydrazine groups is 1. The lowest BCUT2D eigenvalue weighted by Gasteiger charge is -2.06. The minimum atomic E-state index is 0.124. The van der Waals surface area contributed by atoms with Crippen LogP contribution in [0.25, 0.3) is 0 Å². The van der Waals surface area contributed by atoms with Crippen molar-refractivity contribution < 1.29 is 4.79 Å². The highest BCUT2D eigenvalue weighted by atomic mass is 35.5. The fourth-order valence-corrected chi connectivity index (χ4v) is 1.85. The molecular formula is C14H22ClN3O. The molecule has 1 aromatic carbocycles. The van der Waals surface area contributed by atoms with Crippen LogP contribution in [0, 0.1) is 0 Å². The molecule has 0 unspecified atom stereocenters. The van der Waals surface area contributed by atoms with E-state index in [9.17, 15) is 4.79 Å². The average Bonchev–Trinajstić information content (AvgIpc) is 2.41. The summed E-state index contributed by atoms with van der Waals surface area (Å²) in [5.74, 6) is 0.124. The van der Waals surface area contributed by atoms with E-state index in [0.29, 0.717) is 13.0 Å². The van der Waals surface area contributed by atoms with Crippen LogP contribution >= 0.6 is 11.6 Å². The monoisotopic (exact) mass is 283 g/mol. The predicted molar refractivity (Wildman–Crippen MR) is 79.1 cm³/mol. The molecule has 0 aliphatic rings. The van der Waals surface area contributed by atoms with Gasteiger partial charge in [0, 0.05) is 24.5 Å². The molecule has 0 spiro atoms. The summed E-state index contributed by atoms with van der Waals surface area (Å²) < 4.78 is 0. The van der Waals surface area contributed by atoms with Crippen LogP contribution in [-0.2, 0) is 11.2 Å². The Morgan fingerprint density at radius 1 is 1.16 bits per heavy atom. The second-order valence-electron chi connectivity index (χ2n) is 4.36. The molecule has 0 atom stereocenters. The molecule has 0 saturated carbocycles. The fourth-order valence-electron chi connectivity index (χ4n) is 1.72. The highest BCUT2D eigenvalue weighted by Crippen LogP contribution is 2.11. The number of nitrogens with one attached hydrogen (secondary N) is 3. The highest BCUT2D eigenvalue weighted by molar-refractivity contribution is 6.30. The van der Waals surface area contributed by atoms with E-state index in [1.807, 2.05) is 31.3 Å². The first-order valence-corrected chi connectivity index (χ1v) is 7.01. The summed E-state index contributed by atoms with van der Waals surface area (Å²) in [5, 5.41) is 3.66. The van der Waals surface area contributed by atoms with Crippen molar-refractivity contribution in [2.24, 2.45) is 0 Å². The van der Waals surface area contributed by atoms with Crippen LogP contribution in [0.15, 0.2) is 24.3 Å². The van der Waals surface area contributed by atoms with Crippen molar-refractivity contribution >= 4 is 17.5 Å². The molecule has 0 radical (unpaired) electrons. The van der Waals surface area contributed by atoms with Crippen molar-refractivity contribution in [1.82, 2.24) is 16.2 Å². The first-order valence-electron chi connectivity index (χ1n) is 6.63. The third-order valence-corrected chi connectivity index (χ3v) is 3.01. The molecule has 4 nitrogen and oxygen atoms in total. The number of aryl methyl sites for hydroxylation is 1. The van der Waals surface area contributed by atoms with Gasteiger partial charge in [0.15, 0.2) is 0 Å². The van der Waals surface area contributed by atoms with E-state index in [-0.39, 0.29) is 5.91 Å². The first kappa shape index (κ1) is 16.0. The lowest BCUT2D eigenvalue weighted by Crippen LogP contribution is -2.32. The minimum absolute atomic E-state index is 0.124. The molecule has 1 rings (SSSR count). The van der Waals surface area contributed by atoms with Gasteiger partial charge >= 0.3 is 0 Å². The number of hydrogen-bond acceptors (Lipinski definition) is 3. The van der Waals surface area contributed by atoms with E-state index in [1.54, 1.807) is 0 Å². The fraction of sp³-hybridized carbons (Fsp3) is 0.500. The number of carbonyl (C=O) groups is 1. The highest BCUT2D eigenvalue weighted by Gasteiger charge is 2.01. The smallest absolute Gasteiger partial charge is 0.220 e. The SMILES string of the molecule is CNNCCCNC(=O)CCCc1ccc(Cl)cc1. The maximum Gasteiger partial charge on any atom is 0.220 e. The van der Waals surface area contributed by atoms with Crippen molar-refractivity contribution in [2.75, 3.05) is 20.1 Å². The van der Waals surface area contributed by atoms with Gasteiger partial charge in [-0.2, -0.15) is 0 Å². The molecule has 1 aromatic rings. The van der Waals surface area contributed by atoms with Crippen molar-refractivity contribution in [1.29, 1.82) is 0 Å². The number of benzene rings is 1. The van der Waals surface area contributed by atoms with Crippen LogP contribution in [0.4, 0.5) is 0 Å². The molecule has 106 valence electrons. The van der Waals surface area contributed by atoms with Crippen LogP contribution in [0.5, 0.6) is 0 Å². The number of carbonyl (C=O) groups excluding carboxylic acids is 1. The molecule has 0 bridgehead atoms. The van der Waals surface area contributed by atoms with E-state index < -0.39 is 0 Å². The van der Waals surface area contributed by atoms with Crippen molar-refractivity contribution in [2.45, 2.75) is 25.7 Å². The van der Waals surface area contributed by atoms with E-state index in [1.165, 1.54) is 5.56 Å². The zero-order chi connectivity index (χ0) is 13.9. The van der Waals surface area contributed by atoms with Crippen molar-refractivity contribution in [3.63, 3.8) is 0 Å². The van der Waals surface area contributed by atoms with E-state index in [4.69, 9.17) is 11.6 Å². The van der Waals surface area contributed by atoms with Gasteiger partial charge < -0.3 is 5.32 Å². The third-order valence-electron chi connectivity index (χ3n) is 2.76. The quantitative estimate of drug-likeness (QED) is 0.479. The number of halogens is 1. The Hall–Kier alpha value is -1.10. The maximum atomic E-state index is 11.6. The second kappa shape index (κ2) is 9.78. The molecule has 1 amide bonds. The molecule has 5 heteroatoms. The Morgan fingerprint density at radius 3 is 2.58 bits per heavy atom. The lowest BCUT2D eigenvalue weighted by atomic mass is 10.1. The normalized spacial score (nSPS) is 10.4. The molecule has 19 heavy (non-hydrogen) atoms. The summed E-state index contributed by atoms with van der Waals surface area (Å²) in [6.07, 6.45) is 3.26. The van der Waals surface area contributed by atoms with Gasteiger partial charge in [0.2, 0.25) is 5.91 Å². The van der Waals surface area contributed by atoms with Crippen molar-refractivity contribution in [3.8, 4) is 0 Å². The van der Waals surface area contributed by atoms with Gasteiger partial charge in [-0.1, -0.05) is 23.7 Å². The third kappa shape index (κ3) is 7.82. The van der Waals surface area contributed by atoms with E-state index >= 15 is 0 Å². The Morgan fingerprint density at radius 2 is 1.89 bits per heavy atom. The zero-order valence-corrected chi connectivity index (χ0v) is 12.1. The van der Waals surface area contributed by atoms with Crippen LogP contribution in [0.3, 0.4) is 0 Å². The predicted octanol–water partition coefficient (Wildman–Crippen LogP) is 1.89.